The molecule has 0 spiro atoms. The lowest BCUT2D eigenvalue weighted by atomic mass is 10.3. The molecule has 0 bridgehead atoms. The van der Waals surface area contributed by atoms with Crippen LogP contribution in [0.25, 0.3) is 0 Å². The summed E-state index contributed by atoms with van der Waals surface area (Å²) in [5.41, 5.74) is 1.48. The third kappa shape index (κ3) is 4.07. The quantitative estimate of drug-likeness (QED) is 0.669. The average molecular weight is 356 g/mol. The Labute approximate surface area is 148 Å². The fraction of sp³-hybridized carbons (Fsp3) is 0.118. The Bertz CT molecular complexity index is 954. The molecule has 0 unspecified atom stereocenters. The number of rotatable bonds is 4. The molecule has 3 heterocycles. The normalized spacial score (nSPS) is 11.4. The van der Waals surface area contributed by atoms with Gasteiger partial charge in [0.2, 0.25) is 5.88 Å². The SMILES string of the molecule is COc1nccnc1C(=O)N=c1ccccn1Cc1ccc(Cl)nc1. The van der Waals surface area contributed by atoms with Gasteiger partial charge in [0.25, 0.3) is 0 Å². The number of pyridine rings is 2. The van der Waals surface area contributed by atoms with Gasteiger partial charge in [-0.1, -0.05) is 23.7 Å². The molecule has 126 valence electrons. The van der Waals surface area contributed by atoms with Crippen LogP contribution in [-0.2, 0) is 6.54 Å². The number of carbonyl (C=O) groups is 1. The zero-order chi connectivity index (χ0) is 17.6. The predicted octanol–water partition coefficient (Wildman–Crippen LogP) is 2.12. The lowest BCUT2D eigenvalue weighted by Gasteiger charge is -2.07. The number of methoxy groups -OCH3 is 1. The highest BCUT2D eigenvalue weighted by atomic mass is 35.5. The van der Waals surface area contributed by atoms with Crippen molar-refractivity contribution in [2.45, 2.75) is 6.54 Å². The fourth-order valence-electron chi connectivity index (χ4n) is 2.18. The summed E-state index contributed by atoms with van der Waals surface area (Å²) in [5.74, 6) is -0.389. The summed E-state index contributed by atoms with van der Waals surface area (Å²) in [6.45, 7) is 0.495. The molecule has 8 heteroatoms. The molecule has 0 aliphatic rings. The topological polar surface area (TPSA) is 82.3 Å². The summed E-state index contributed by atoms with van der Waals surface area (Å²) in [7, 11) is 1.43. The first-order valence-electron chi connectivity index (χ1n) is 7.37. The fourth-order valence-corrected chi connectivity index (χ4v) is 2.29. The van der Waals surface area contributed by atoms with E-state index in [1.54, 1.807) is 24.4 Å². The first kappa shape index (κ1) is 16.8. The molecule has 0 aliphatic heterocycles. The van der Waals surface area contributed by atoms with Gasteiger partial charge in [-0.3, -0.25) is 4.79 Å². The van der Waals surface area contributed by atoms with Gasteiger partial charge in [-0.25, -0.2) is 15.0 Å². The van der Waals surface area contributed by atoms with Gasteiger partial charge in [-0.05, 0) is 23.8 Å². The molecule has 0 saturated heterocycles. The maximum atomic E-state index is 12.5. The Kier molecular flexibility index (Phi) is 5.15. The molecular weight excluding hydrogens is 342 g/mol. The van der Waals surface area contributed by atoms with Crippen LogP contribution in [0.15, 0.2) is 60.1 Å². The molecule has 3 aromatic rings. The van der Waals surface area contributed by atoms with Crippen molar-refractivity contribution in [2.24, 2.45) is 4.99 Å². The standard InChI is InChI=1S/C17H14ClN5O2/c1-25-17-15(19-7-8-20-17)16(24)22-14-4-2-3-9-23(14)11-12-5-6-13(18)21-10-12/h2-10H,11H2,1H3. The third-order valence-corrected chi connectivity index (χ3v) is 3.56. The maximum absolute atomic E-state index is 12.5. The van der Waals surface area contributed by atoms with Gasteiger partial charge in [0.05, 0.1) is 13.7 Å². The molecule has 3 aromatic heterocycles. The molecule has 25 heavy (non-hydrogen) atoms. The Balaban J connectivity index is 1.95. The molecule has 7 nitrogen and oxygen atoms in total. The van der Waals surface area contributed by atoms with Gasteiger partial charge in [-0.2, -0.15) is 4.99 Å². The van der Waals surface area contributed by atoms with Gasteiger partial charge < -0.3 is 9.30 Å². The molecule has 0 fully saturated rings. The Morgan fingerprint density at radius 3 is 2.80 bits per heavy atom. The summed E-state index contributed by atoms with van der Waals surface area (Å²) in [6, 6.07) is 8.98. The van der Waals surface area contributed by atoms with Crippen molar-refractivity contribution >= 4 is 17.5 Å². The number of carbonyl (C=O) groups excluding carboxylic acids is 1. The lowest BCUT2D eigenvalue weighted by Crippen LogP contribution is -2.22. The number of nitrogens with zero attached hydrogens (tertiary/aromatic N) is 5. The van der Waals surface area contributed by atoms with E-state index >= 15 is 0 Å². The second-order valence-corrected chi connectivity index (χ2v) is 5.39. The summed E-state index contributed by atoms with van der Waals surface area (Å²) in [5, 5.41) is 0.427. The van der Waals surface area contributed by atoms with Gasteiger partial charge >= 0.3 is 5.91 Å². The number of halogens is 1. The minimum atomic E-state index is -0.529. The predicted molar refractivity (Wildman–Crippen MR) is 91.3 cm³/mol. The maximum Gasteiger partial charge on any atom is 0.303 e. The third-order valence-electron chi connectivity index (χ3n) is 3.33. The van der Waals surface area contributed by atoms with E-state index in [-0.39, 0.29) is 11.6 Å². The zero-order valence-electron chi connectivity index (χ0n) is 13.3. The summed E-state index contributed by atoms with van der Waals surface area (Å²) < 4.78 is 6.88. The number of ether oxygens (including phenoxy) is 1. The van der Waals surface area contributed by atoms with E-state index in [4.69, 9.17) is 16.3 Å². The molecular formula is C17H14ClN5O2. The summed E-state index contributed by atoms with van der Waals surface area (Å²) in [6.07, 6.45) is 6.38. The summed E-state index contributed by atoms with van der Waals surface area (Å²) in [4.78, 5) is 28.6. The Morgan fingerprint density at radius 2 is 2.04 bits per heavy atom. The van der Waals surface area contributed by atoms with Crippen LogP contribution in [0.5, 0.6) is 5.88 Å². The van der Waals surface area contributed by atoms with Crippen molar-refractivity contribution < 1.29 is 9.53 Å². The highest BCUT2D eigenvalue weighted by molar-refractivity contribution is 6.29. The highest BCUT2D eigenvalue weighted by Crippen LogP contribution is 2.11. The van der Waals surface area contributed by atoms with E-state index in [9.17, 15) is 4.79 Å². The Morgan fingerprint density at radius 1 is 1.20 bits per heavy atom. The molecule has 1 amide bonds. The van der Waals surface area contributed by atoms with Gasteiger partial charge in [-0.15, -0.1) is 0 Å². The van der Waals surface area contributed by atoms with Crippen LogP contribution >= 0.6 is 11.6 Å². The lowest BCUT2D eigenvalue weighted by molar-refractivity contribution is 0.0988. The Hall–Kier alpha value is -3.06. The van der Waals surface area contributed by atoms with Crippen molar-refractivity contribution in [1.82, 2.24) is 19.5 Å². The second kappa shape index (κ2) is 7.67. The number of hydrogen-bond donors (Lipinski definition) is 0. The van der Waals surface area contributed by atoms with Gasteiger partial charge in [0, 0.05) is 24.8 Å². The zero-order valence-corrected chi connectivity index (χ0v) is 14.1. The molecule has 0 aliphatic carbocycles. The number of aromatic nitrogens is 4. The van der Waals surface area contributed by atoms with Crippen LogP contribution in [0.4, 0.5) is 0 Å². The minimum absolute atomic E-state index is 0.0635. The second-order valence-electron chi connectivity index (χ2n) is 5.01. The van der Waals surface area contributed by atoms with Crippen molar-refractivity contribution in [1.29, 1.82) is 0 Å². The van der Waals surface area contributed by atoms with Gasteiger partial charge in [0.15, 0.2) is 5.69 Å². The molecule has 0 saturated carbocycles. The molecule has 0 radical (unpaired) electrons. The van der Waals surface area contributed by atoms with Crippen LogP contribution in [0.3, 0.4) is 0 Å². The van der Waals surface area contributed by atoms with Crippen molar-refractivity contribution in [3.8, 4) is 5.88 Å². The average Bonchev–Trinajstić information content (AvgIpc) is 2.65. The van der Waals surface area contributed by atoms with E-state index in [1.807, 2.05) is 22.9 Å². The highest BCUT2D eigenvalue weighted by Gasteiger charge is 2.14. The molecule has 0 atom stereocenters. The van der Waals surface area contributed by atoms with Crippen LogP contribution < -0.4 is 10.2 Å². The molecule has 3 rings (SSSR count). The van der Waals surface area contributed by atoms with Crippen LogP contribution in [0.1, 0.15) is 16.1 Å². The van der Waals surface area contributed by atoms with Gasteiger partial charge in [0.1, 0.15) is 10.6 Å². The van der Waals surface area contributed by atoms with Crippen molar-refractivity contribution in [2.75, 3.05) is 7.11 Å². The van der Waals surface area contributed by atoms with Crippen LogP contribution in [0, 0.1) is 0 Å². The van der Waals surface area contributed by atoms with E-state index in [0.717, 1.165) is 5.56 Å². The molecule has 0 aromatic carbocycles. The first-order valence-corrected chi connectivity index (χ1v) is 7.75. The number of hydrogen-bond acceptors (Lipinski definition) is 5. The van der Waals surface area contributed by atoms with E-state index < -0.39 is 5.91 Å². The van der Waals surface area contributed by atoms with Crippen molar-refractivity contribution in [3.05, 3.63) is 77.0 Å². The van der Waals surface area contributed by atoms with E-state index in [2.05, 4.69) is 19.9 Å². The van der Waals surface area contributed by atoms with Crippen LogP contribution in [-0.4, -0.2) is 32.5 Å². The monoisotopic (exact) mass is 355 g/mol. The van der Waals surface area contributed by atoms with Crippen molar-refractivity contribution in [3.63, 3.8) is 0 Å². The first-order chi connectivity index (χ1) is 12.2. The smallest absolute Gasteiger partial charge is 0.303 e. The minimum Gasteiger partial charge on any atom is -0.479 e. The largest absolute Gasteiger partial charge is 0.479 e. The van der Waals surface area contributed by atoms with E-state index in [0.29, 0.717) is 17.2 Å². The van der Waals surface area contributed by atoms with Crippen LogP contribution in [0.2, 0.25) is 5.15 Å². The summed E-state index contributed by atoms with van der Waals surface area (Å²) >= 11 is 5.81. The van der Waals surface area contributed by atoms with E-state index in [1.165, 1.54) is 19.5 Å². The number of amides is 1. The molecule has 0 N–H and O–H groups in total.